The van der Waals surface area contributed by atoms with Crippen LogP contribution in [0.15, 0.2) is 16.6 Å². The number of nitrogens with zero attached hydrogens (tertiary/aromatic N) is 1. The fourth-order valence-corrected chi connectivity index (χ4v) is 3.14. The lowest BCUT2D eigenvalue weighted by Gasteiger charge is -2.39. The Kier molecular flexibility index (Phi) is 4.33. The second-order valence-corrected chi connectivity index (χ2v) is 6.24. The van der Waals surface area contributed by atoms with Crippen molar-refractivity contribution >= 4 is 21.6 Å². The molecule has 2 nitrogen and oxygen atoms in total. The minimum Gasteiger partial charge on any atom is -0.369 e. The van der Waals surface area contributed by atoms with E-state index >= 15 is 0 Å². The normalized spacial score (nSPS) is 24.4. The van der Waals surface area contributed by atoms with Gasteiger partial charge in [0.1, 0.15) is 0 Å². The number of benzene rings is 1. The van der Waals surface area contributed by atoms with Gasteiger partial charge >= 0.3 is 0 Å². The van der Waals surface area contributed by atoms with Gasteiger partial charge in [0.2, 0.25) is 0 Å². The van der Waals surface area contributed by atoms with Crippen molar-refractivity contribution in [2.24, 2.45) is 0 Å². The number of aryl methyl sites for hydroxylation is 2. The molecule has 0 amide bonds. The fraction of sp³-hybridized carbons (Fsp3) is 0.600. The summed E-state index contributed by atoms with van der Waals surface area (Å²) in [5, 5.41) is 3.40. The van der Waals surface area contributed by atoms with Crippen molar-refractivity contribution in [3.05, 3.63) is 27.7 Å². The highest BCUT2D eigenvalue weighted by Crippen LogP contribution is 2.30. The summed E-state index contributed by atoms with van der Waals surface area (Å²) in [4.78, 5) is 2.54. The van der Waals surface area contributed by atoms with Crippen LogP contribution in [0.2, 0.25) is 0 Å². The monoisotopic (exact) mass is 310 g/mol. The Morgan fingerprint density at radius 3 is 2.39 bits per heavy atom. The van der Waals surface area contributed by atoms with E-state index in [9.17, 15) is 0 Å². The maximum Gasteiger partial charge on any atom is 0.0374 e. The van der Waals surface area contributed by atoms with Crippen molar-refractivity contribution in [3.8, 4) is 0 Å². The maximum atomic E-state index is 3.64. The van der Waals surface area contributed by atoms with E-state index in [0.717, 1.165) is 6.54 Å². The summed E-state index contributed by atoms with van der Waals surface area (Å²) < 4.78 is 1.24. The molecule has 1 aromatic carbocycles. The van der Waals surface area contributed by atoms with Crippen LogP contribution >= 0.6 is 15.9 Å². The van der Waals surface area contributed by atoms with Gasteiger partial charge in [-0.3, -0.25) is 0 Å². The second kappa shape index (κ2) is 5.62. The lowest BCUT2D eigenvalue weighted by molar-refractivity contribution is 0.387. The van der Waals surface area contributed by atoms with Crippen molar-refractivity contribution in [1.29, 1.82) is 0 Å². The van der Waals surface area contributed by atoms with Crippen LogP contribution in [0.5, 0.6) is 0 Å². The van der Waals surface area contributed by atoms with Gasteiger partial charge < -0.3 is 10.2 Å². The van der Waals surface area contributed by atoms with Crippen LogP contribution in [-0.2, 0) is 0 Å². The van der Waals surface area contributed by atoms with E-state index < -0.39 is 0 Å². The Morgan fingerprint density at radius 1 is 1.28 bits per heavy atom. The number of piperidine rings is 1. The van der Waals surface area contributed by atoms with Crippen molar-refractivity contribution in [3.63, 3.8) is 0 Å². The van der Waals surface area contributed by atoms with E-state index in [1.165, 1.54) is 34.1 Å². The van der Waals surface area contributed by atoms with E-state index in [1.807, 2.05) is 0 Å². The van der Waals surface area contributed by atoms with Crippen LogP contribution in [-0.4, -0.2) is 25.7 Å². The summed E-state index contributed by atoms with van der Waals surface area (Å²) in [5.74, 6) is 0. The van der Waals surface area contributed by atoms with Crippen LogP contribution in [0.3, 0.4) is 0 Å². The second-order valence-electron chi connectivity index (χ2n) is 5.45. The van der Waals surface area contributed by atoms with Crippen LogP contribution in [0.4, 0.5) is 5.69 Å². The van der Waals surface area contributed by atoms with Gasteiger partial charge in [-0.15, -0.1) is 0 Å². The lowest BCUT2D eigenvalue weighted by atomic mass is 9.97. The molecule has 0 aliphatic carbocycles. The number of halogens is 1. The van der Waals surface area contributed by atoms with Crippen molar-refractivity contribution in [2.75, 3.05) is 18.5 Å². The van der Waals surface area contributed by atoms with Crippen LogP contribution in [0.1, 0.15) is 30.9 Å². The minimum absolute atomic E-state index is 0.608. The third kappa shape index (κ3) is 2.72. The van der Waals surface area contributed by atoms with Crippen LogP contribution < -0.4 is 10.2 Å². The molecule has 1 heterocycles. The number of hydrogen-bond donors (Lipinski definition) is 1. The zero-order chi connectivity index (χ0) is 13.3. The number of rotatable bonds is 2. The molecule has 2 atom stereocenters. The highest BCUT2D eigenvalue weighted by atomic mass is 79.9. The molecule has 0 spiro atoms. The van der Waals surface area contributed by atoms with Gasteiger partial charge in [-0.2, -0.15) is 0 Å². The first-order valence-electron chi connectivity index (χ1n) is 6.73. The average Bonchev–Trinajstić information content (AvgIpc) is 2.35. The molecule has 18 heavy (non-hydrogen) atoms. The summed E-state index contributed by atoms with van der Waals surface area (Å²) in [5.41, 5.74) is 4.02. The molecule has 1 fully saturated rings. The molecule has 1 aromatic rings. The summed E-state index contributed by atoms with van der Waals surface area (Å²) in [6.07, 6.45) is 2.46. The topological polar surface area (TPSA) is 15.3 Å². The molecule has 3 heteroatoms. The largest absolute Gasteiger partial charge is 0.369 e. The first-order chi connectivity index (χ1) is 8.52. The number of anilines is 1. The van der Waals surface area contributed by atoms with Crippen molar-refractivity contribution < 1.29 is 0 Å². The number of hydrogen-bond acceptors (Lipinski definition) is 2. The smallest absolute Gasteiger partial charge is 0.0374 e. The molecule has 1 saturated heterocycles. The molecule has 2 rings (SSSR count). The summed E-state index contributed by atoms with van der Waals surface area (Å²) >= 11 is 3.64. The Balaban J connectivity index is 2.22. The maximum absolute atomic E-state index is 3.64. The highest BCUT2D eigenvalue weighted by molar-refractivity contribution is 9.10. The first-order valence-corrected chi connectivity index (χ1v) is 7.53. The highest BCUT2D eigenvalue weighted by Gasteiger charge is 2.25. The van der Waals surface area contributed by atoms with Gasteiger partial charge in [0.25, 0.3) is 0 Å². The third-order valence-electron chi connectivity index (χ3n) is 4.04. The molecule has 1 aliphatic heterocycles. The Morgan fingerprint density at radius 2 is 1.89 bits per heavy atom. The fourth-order valence-electron chi connectivity index (χ4n) is 2.91. The molecule has 1 aliphatic rings. The van der Waals surface area contributed by atoms with Gasteiger partial charge in [-0.25, -0.2) is 0 Å². The van der Waals surface area contributed by atoms with E-state index in [2.05, 4.69) is 66.1 Å². The van der Waals surface area contributed by atoms with Crippen molar-refractivity contribution in [1.82, 2.24) is 5.32 Å². The zero-order valence-electron chi connectivity index (χ0n) is 11.8. The molecular formula is C15H23BrN2. The lowest BCUT2D eigenvalue weighted by Crippen LogP contribution is -2.46. The third-order valence-corrected chi connectivity index (χ3v) is 5.29. The van der Waals surface area contributed by atoms with Crippen LogP contribution in [0, 0.1) is 13.8 Å². The molecule has 0 radical (unpaired) electrons. The molecule has 0 saturated carbocycles. The summed E-state index contributed by atoms with van der Waals surface area (Å²) in [7, 11) is 2.07. The quantitative estimate of drug-likeness (QED) is 0.897. The zero-order valence-corrected chi connectivity index (χ0v) is 13.3. The first kappa shape index (κ1) is 13.9. The van der Waals surface area contributed by atoms with Gasteiger partial charge in [-0.05, 0) is 63.9 Å². The molecule has 0 aromatic heterocycles. The van der Waals surface area contributed by atoms with E-state index in [-0.39, 0.29) is 0 Å². The average molecular weight is 311 g/mol. The Bertz CT molecular complexity index is 407. The minimum atomic E-state index is 0.608. The summed E-state index contributed by atoms with van der Waals surface area (Å²) in [6, 6.07) is 5.88. The van der Waals surface area contributed by atoms with Crippen molar-refractivity contribution in [2.45, 2.75) is 45.7 Å². The molecular weight excluding hydrogens is 288 g/mol. The Labute approximate surface area is 119 Å². The van der Waals surface area contributed by atoms with Crippen LogP contribution in [0.25, 0.3) is 0 Å². The molecule has 2 unspecified atom stereocenters. The van der Waals surface area contributed by atoms with Gasteiger partial charge in [0.05, 0.1) is 0 Å². The molecule has 100 valence electrons. The number of nitrogens with one attached hydrogen (secondary N) is 1. The molecule has 1 N–H and O–H groups in total. The van der Waals surface area contributed by atoms with E-state index in [1.54, 1.807) is 0 Å². The predicted molar refractivity (Wildman–Crippen MR) is 82.5 cm³/mol. The predicted octanol–water partition coefficient (Wildman–Crippen LogP) is 3.64. The summed E-state index contributed by atoms with van der Waals surface area (Å²) in [6.45, 7) is 7.82. The van der Waals surface area contributed by atoms with Gasteiger partial charge in [-0.1, -0.05) is 15.9 Å². The van der Waals surface area contributed by atoms with E-state index in [4.69, 9.17) is 0 Å². The van der Waals surface area contributed by atoms with Gasteiger partial charge in [0.15, 0.2) is 0 Å². The van der Waals surface area contributed by atoms with E-state index in [0.29, 0.717) is 12.1 Å². The molecule has 0 bridgehead atoms. The SMILES string of the molecule is CNC1CCN(c2cc(C)c(Br)c(C)c2)C(C)C1. The Hall–Kier alpha value is -0.540. The van der Waals surface area contributed by atoms with Gasteiger partial charge in [0, 0.05) is 28.8 Å². The standard InChI is InChI=1S/C15H23BrN2/c1-10-7-14(8-11(2)15(10)16)18-6-5-13(17-4)9-12(18)3/h7-8,12-13,17H,5-6,9H2,1-4H3.